The number of nitrogens with zero attached hydrogens (tertiary/aromatic N) is 8. The molecule has 0 bridgehead atoms. The first-order chi connectivity index (χ1) is 29.5. The van der Waals surface area contributed by atoms with E-state index in [2.05, 4.69) is 57.9 Å². The number of rotatable bonds is 6. The highest BCUT2D eigenvalue weighted by atomic mass is 35.5. The largest absolute Gasteiger partial charge is 0.433 e. The van der Waals surface area contributed by atoms with E-state index in [0.29, 0.717) is 44.9 Å². The summed E-state index contributed by atoms with van der Waals surface area (Å²) in [4.78, 5) is 57.6. The number of carbonyl (C=O) groups is 2. The van der Waals surface area contributed by atoms with E-state index in [1.54, 1.807) is 11.1 Å². The molecule has 0 atom stereocenters. The van der Waals surface area contributed by atoms with Crippen LogP contribution in [-0.4, -0.2) is 90.8 Å². The normalized spacial score (nSPS) is 19.2. The Balaban J connectivity index is 0.000000157. The highest BCUT2D eigenvalue weighted by Gasteiger charge is 2.47. The van der Waals surface area contributed by atoms with Crippen molar-refractivity contribution in [1.29, 1.82) is 0 Å². The summed E-state index contributed by atoms with van der Waals surface area (Å²) < 4.78 is 39.0. The minimum absolute atomic E-state index is 0.0774. The number of piperidine rings is 4. The summed E-state index contributed by atoms with van der Waals surface area (Å²) in [6.07, 6.45) is 9.02. The van der Waals surface area contributed by atoms with Crippen molar-refractivity contribution in [3.8, 4) is 0 Å². The van der Waals surface area contributed by atoms with Crippen LogP contribution in [0.3, 0.4) is 0 Å². The number of carbonyl (C=O) groups excluding carboxylic acids is 2. The van der Waals surface area contributed by atoms with E-state index in [-0.39, 0.29) is 22.6 Å². The number of aromatic nitrogens is 6. The van der Waals surface area contributed by atoms with Gasteiger partial charge in [-0.1, -0.05) is 36.4 Å². The quantitative estimate of drug-likeness (QED) is 0.160. The molecule has 4 fully saturated rings. The number of benzene rings is 2. The first-order valence-electron chi connectivity index (χ1n) is 21.1. The Morgan fingerprint density at radius 1 is 0.623 bits per heavy atom. The standard InChI is InChI=1S/C23H24F3N5O.C22H24ClN5O/c24-23(25,26)19-6-10-27-21(29-19)30-12-8-22(9-13-30)7-3-11-31(20(22)32)15-16-14-28-18-5-2-1-4-17(16)18;23-21-24-10-6-19(26-21)27-12-8-22(9-13-27)7-3-11-28(20(22)29)15-16-14-25-18-5-2-1-4-17(16)18/h1-2,4-6,10,14,28H,3,7-9,11-13,15H2;1-2,4-6,10,14,25H,3,7-9,11-13,15H2. The fraction of sp³-hybridized carbons (Fsp3) is 0.422. The predicted molar refractivity (Wildman–Crippen MR) is 228 cm³/mol. The molecule has 12 nitrogen and oxygen atoms in total. The molecule has 2 amide bonds. The van der Waals surface area contributed by atoms with E-state index in [1.807, 2.05) is 53.7 Å². The number of anilines is 2. The third kappa shape index (κ3) is 8.23. The van der Waals surface area contributed by atoms with Gasteiger partial charge >= 0.3 is 6.18 Å². The molecule has 8 heterocycles. The fourth-order valence-corrected chi connectivity index (χ4v) is 10.1. The second-order valence-electron chi connectivity index (χ2n) is 16.8. The van der Waals surface area contributed by atoms with Gasteiger partial charge in [-0.25, -0.2) is 19.9 Å². The minimum Gasteiger partial charge on any atom is -0.361 e. The Morgan fingerprint density at radius 3 is 1.66 bits per heavy atom. The van der Waals surface area contributed by atoms with Gasteiger partial charge in [0.1, 0.15) is 11.5 Å². The number of hydrogen-bond donors (Lipinski definition) is 2. The molecule has 4 aliphatic rings. The molecule has 0 aliphatic carbocycles. The first-order valence-corrected chi connectivity index (χ1v) is 21.5. The summed E-state index contributed by atoms with van der Waals surface area (Å²) in [5, 5.41) is 2.59. The number of nitrogens with one attached hydrogen (secondary N) is 2. The summed E-state index contributed by atoms with van der Waals surface area (Å²) in [6.45, 7) is 5.37. The molecule has 0 unspecified atom stereocenters. The SMILES string of the molecule is O=C1N(Cc2c[nH]c3ccccc23)CCCC12CCN(c1ccnc(Cl)n1)CC2.O=C1N(Cc2c[nH]c3ccccc23)CCCC12CCN(c1nccc(C(F)(F)F)n1)CC2. The molecule has 16 heteroatoms. The van der Waals surface area contributed by atoms with Crippen LogP contribution in [0.15, 0.2) is 85.5 Å². The zero-order chi connectivity index (χ0) is 42.2. The number of fused-ring (bicyclic) bond motifs is 2. The van der Waals surface area contributed by atoms with Crippen molar-refractivity contribution >= 4 is 57.0 Å². The fourth-order valence-electron chi connectivity index (χ4n) is 9.93. The minimum atomic E-state index is -4.50. The van der Waals surface area contributed by atoms with Crippen LogP contribution in [0, 0.1) is 10.8 Å². The van der Waals surface area contributed by atoms with Gasteiger partial charge < -0.3 is 29.6 Å². The number of halogens is 4. The summed E-state index contributed by atoms with van der Waals surface area (Å²) in [5.41, 5.74) is 2.83. The van der Waals surface area contributed by atoms with Crippen molar-refractivity contribution in [3.63, 3.8) is 0 Å². The number of H-pyrrole nitrogens is 2. The first kappa shape index (κ1) is 40.7. The molecule has 4 aromatic heterocycles. The maximum absolute atomic E-state index is 13.5. The number of hydrogen-bond acceptors (Lipinski definition) is 8. The number of likely N-dealkylation sites (tertiary alicyclic amines) is 2. The van der Waals surface area contributed by atoms with Crippen LogP contribution >= 0.6 is 11.6 Å². The maximum Gasteiger partial charge on any atom is 0.433 e. The molecule has 0 radical (unpaired) electrons. The van der Waals surface area contributed by atoms with Crippen LogP contribution in [-0.2, 0) is 28.9 Å². The Hall–Kier alpha value is -5.70. The summed E-state index contributed by atoms with van der Waals surface area (Å²) in [5.74, 6) is 1.39. The van der Waals surface area contributed by atoms with Gasteiger partial charge in [0.15, 0.2) is 0 Å². The Morgan fingerprint density at radius 2 is 1.13 bits per heavy atom. The predicted octanol–water partition coefficient (Wildman–Crippen LogP) is 8.41. The Labute approximate surface area is 356 Å². The van der Waals surface area contributed by atoms with E-state index < -0.39 is 17.3 Å². The molecule has 2 N–H and O–H groups in total. The van der Waals surface area contributed by atoms with Crippen LogP contribution in [0.25, 0.3) is 21.8 Å². The molecule has 2 aromatic carbocycles. The van der Waals surface area contributed by atoms with Crippen LogP contribution in [0.5, 0.6) is 0 Å². The number of amides is 2. The second kappa shape index (κ2) is 16.6. The molecule has 10 rings (SSSR count). The van der Waals surface area contributed by atoms with Crippen molar-refractivity contribution < 1.29 is 22.8 Å². The molecule has 2 spiro atoms. The number of alkyl halides is 3. The lowest BCUT2D eigenvalue weighted by atomic mass is 9.71. The molecule has 4 saturated heterocycles. The zero-order valence-corrected chi connectivity index (χ0v) is 34.6. The van der Waals surface area contributed by atoms with E-state index in [4.69, 9.17) is 11.6 Å². The lowest BCUT2D eigenvalue weighted by Crippen LogP contribution is -2.53. The lowest BCUT2D eigenvalue weighted by molar-refractivity contribution is -0.149. The highest BCUT2D eigenvalue weighted by molar-refractivity contribution is 6.28. The third-order valence-corrected chi connectivity index (χ3v) is 13.5. The van der Waals surface area contributed by atoms with Gasteiger partial charge in [-0.05, 0) is 98.4 Å². The van der Waals surface area contributed by atoms with Gasteiger partial charge in [0.25, 0.3) is 0 Å². The molecule has 6 aromatic rings. The molecule has 4 aliphatic heterocycles. The van der Waals surface area contributed by atoms with Gasteiger partial charge in [-0.15, -0.1) is 0 Å². The van der Waals surface area contributed by atoms with Crippen molar-refractivity contribution in [1.82, 2.24) is 39.7 Å². The summed E-state index contributed by atoms with van der Waals surface area (Å²) in [7, 11) is 0. The Kier molecular flexibility index (Phi) is 11.1. The highest BCUT2D eigenvalue weighted by Crippen LogP contribution is 2.44. The lowest BCUT2D eigenvalue weighted by Gasteiger charge is -2.46. The monoisotopic (exact) mass is 852 g/mol. The smallest absolute Gasteiger partial charge is 0.361 e. The molecule has 61 heavy (non-hydrogen) atoms. The molecular weight excluding hydrogens is 805 g/mol. The molecular formula is C45H48ClF3N10O2. The molecule has 0 saturated carbocycles. The van der Waals surface area contributed by atoms with Gasteiger partial charge in [-0.2, -0.15) is 13.2 Å². The zero-order valence-electron chi connectivity index (χ0n) is 33.8. The summed E-state index contributed by atoms with van der Waals surface area (Å²) in [6, 6.07) is 19.1. The summed E-state index contributed by atoms with van der Waals surface area (Å²) >= 11 is 5.95. The van der Waals surface area contributed by atoms with E-state index in [0.717, 1.165) is 105 Å². The number of aromatic amines is 2. The van der Waals surface area contributed by atoms with Crippen molar-refractivity contribution in [2.45, 2.75) is 70.6 Å². The van der Waals surface area contributed by atoms with Crippen LogP contribution in [0.1, 0.15) is 68.2 Å². The maximum atomic E-state index is 13.5. The third-order valence-electron chi connectivity index (χ3n) is 13.3. The van der Waals surface area contributed by atoms with Crippen molar-refractivity contribution in [2.24, 2.45) is 10.8 Å². The van der Waals surface area contributed by atoms with E-state index in [1.165, 1.54) is 10.9 Å². The Bertz CT molecular complexity index is 2520. The van der Waals surface area contributed by atoms with Gasteiger partial charge in [0.05, 0.1) is 10.8 Å². The average molecular weight is 853 g/mol. The molecule has 318 valence electrons. The van der Waals surface area contributed by atoms with Crippen molar-refractivity contribution in [3.05, 3.63) is 108 Å². The van der Waals surface area contributed by atoms with Gasteiger partial charge in [0, 0.05) is 99.0 Å². The van der Waals surface area contributed by atoms with Crippen molar-refractivity contribution in [2.75, 3.05) is 49.1 Å². The van der Waals surface area contributed by atoms with Gasteiger partial charge in [-0.3, -0.25) is 9.59 Å². The van der Waals surface area contributed by atoms with E-state index in [9.17, 15) is 22.8 Å². The number of para-hydroxylation sites is 2. The average Bonchev–Trinajstić information content (AvgIpc) is 3.88. The van der Waals surface area contributed by atoms with Crippen LogP contribution in [0.4, 0.5) is 24.9 Å². The second-order valence-corrected chi connectivity index (χ2v) is 17.2. The van der Waals surface area contributed by atoms with Crippen LogP contribution in [0.2, 0.25) is 5.28 Å². The van der Waals surface area contributed by atoms with Crippen LogP contribution < -0.4 is 9.80 Å². The van der Waals surface area contributed by atoms with E-state index >= 15 is 0 Å². The van der Waals surface area contributed by atoms with Gasteiger partial charge in [0.2, 0.25) is 23.0 Å². The topological polar surface area (TPSA) is 130 Å².